The third-order valence-electron chi connectivity index (χ3n) is 7.17. The Morgan fingerprint density at radius 2 is 1.42 bits per heavy atom. The van der Waals surface area contributed by atoms with Gasteiger partial charge in [-0.05, 0) is 31.2 Å². The van der Waals surface area contributed by atoms with Crippen LogP contribution in [0.15, 0.2) is 44.7 Å². The first-order chi connectivity index (χ1) is 18.4. The number of benzene rings is 1. The number of aromatic nitrogens is 5. The summed E-state index contributed by atoms with van der Waals surface area (Å²) in [5, 5.41) is 11.5. The molecule has 0 unspecified atom stereocenters. The van der Waals surface area contributed by atoms with E-state index in [0.717, 1.165) is 50.5 Å². The highest BCUT2D eigenvalue weighted by atomic mass is 16.3. The summed E-state index contributed by atoms with van der Waals surface area (Å²) < 4.78 is 5.71. The monoisotopic (exact) mass is 521 g/mol. The molecule has 0 aliphatic carbocycles. The highest BCUT2D eigenvalue weighted by molar-refractivity contribution is 5.76. The number of rotatable bonds is 13. The Hall–Kier alpha value is -3.62. The third kappa shape index (κ3) is 5.19. The van der Waals surface area contributed by atoms with E-state index in [9.17, 15) is 19.5 Å². The molecule has 1 N–H and O–H groups in total. The molecule has 0 fully saturated rings. The van der Waals surface area contributed by atoms with Gasteiger partial charge in [0.15, 0.2) is 11.2 Å². The summed E-state index contributed by atoms with van der Waals surface area (Å²) in [6.45, 7) is 7.08. The topological polar surface area (TPSA) is 104 Å². The van der Waals surface area contributed by atoms with Crippen molar-refractivity contribution in [3.63, 3.8) is 0 Å². The van der Waals surface area contributed by atoms with Crippen molar-refractivity contribution in [2.24, 2.45) is 0 Å². The lowest BCUT2D eigenvalue weighted by molar-refractivity contribution is 0.432. The van der Waals surface area contributed by atoms with Crippen LogP contribution in [0.1, 0.15) is 83.3 Å². The van der Waals surface area contributed by atoms with Crippen LogP contribution in [-0.2, 0) is 26.1 Å². The van der Waals surface area contributed by atoms with E-state index in [1.54, 1.807) is 0 Å². The molecule has 1 aromatic carbocycles. The van der Waals surface area contributed by atoms with E-state index in [2.05, 4.69) is 6.92 Å². The minimum atomic E-state index is -0.490. The quantitative estimate of drug-likeness (QED) is 0.262. The van der Waals surface area contributed by atoms with Crippen LogP contribution in [0.2, 0.25) is 0 Å². The Bertz CT molecular complexity index is 1580. The van der Waals surface area contributed by atoms with Gasteiger partial charge in [-0.1, -0.05) is 83.2 Å². The molecule has 0 amide bonds. The molecule has 204 valence electrons. The molecule has 9 nitrogen and oxygen atoms in total. The van der Waals surface area contributed by atoms with Crippen molar-refractivity contribution in [1.82, 2.24) is 23.1 Å². The van der Waals surface area contributed by atoms with Gasteiger partial charge in [-0.15, -0.1) is 0 Å². The molecule has 3 heterocycles. The number of hydrogen-bond donors (Lipinski definition) is 1. The Kier molecular flexibility index (Phi) is 8.86. The van der Waals surface area contributed by atoms with E-state index in [4.69, 9.17) is 4.98 Å². The minimum absolute atomic E-state index is 0.140. The average molecular weight is 522 g/mol. The molecule has 9 heteroatoms. The van der Waals surface area contributed by atoms with E-state index in [1.165, 1.54) is 18.1 Å². The lowest BCUT2D eigenvalue weighted by Gasteiger charge is -2.14. The standard InChI is InChI=1S/C29H39N5O4/c1-4-7-10-14-17-22-25(35)33(20-21-15-12-11-13-16-21)28-30-24-23(34(28)26(22)36)27(37)32(19-9-6-3)29(38)31(24)18-8-5-2/h11-13,15-16,36H,4-10,14,17-20H2,1-3H3. The highest BCUT2D eigenvalue weighted by Gasteiger charge is 2.25. The summed E-state index contributed by atoms with van der Waals surface area (Å²) >= 11 is 0. The van der Waals surface area contributed by atoms with Crippen molar-refractivity contribution < 1.29 is 5.11 Å². The van der Waals surface area contributed by atoms with Gasteiger partial charge in [-0.3, -0.25) is 23.3 Å². The van der Waals surface area contributed by atoms with E-state index < -0.39 is 11.2 Å². The molecular weight excluding hydrogens is 482 g/mol. The second-order valence-corrected chi connectivity index (χ2v) is 10.0. The fourth-order valence-corrected chi connectivity index (χ4v) is 4.98. The van der Waals surface area contributed by atoms with Crippen molar-refractivity contribution in [1.29, 1.82) is 0 Å². The van der Waals surface area contributed by atoms with Crippen LogP contribution < -0.4 is 16.8 Å². The first-order valence-electron chi connectivity index (χ1n) is 14.0. The van der Waals surface area contributed by atoms with E-state index in [1.807, 2.05) is 44.2 Å². The van der Waals surface area contributed by atoms with Crippen molar-refractivity contribution >= 4 is 16.9 Å². The molecule has 3 aromatic heterocycles. The van der Waals surface area contributed by atoms with Crippen molar-refractivity contribution in [2.75, 3.05) is 0 Å². The molecule has 0 bridgehead atoms. The van der Waals surface area contributed by atoms with Crippen LogP contribution in [0.3, 0.4) is 0 Å². The van der Waals surface area contributed by atoms with Gasteiger partial charge in [0.1, 0.15) is 0 Å². The molecule has 0 spiro atoms. The van der Waals surface area contributed by atoms with Crippen LogP contribution >= 0.6 is 0 Å². The van der Waals surface area contributed by atoms with Crippen molar-refractivity contribution in [3.8, 4) is 5.88 Å². The van der Waals surface area contributed by atoms with Crippen LogP contribution in [0.25, 0.3) is 16.9 Å². The van der Waals surface area contributed by atoms with Gasteiger partial charge < -0.3 is 5.11 Å². The number of aryl methyl sites for hydroxylation is 1. The normalized spacial score (nSPS) is 11.7. The molecule has 0 atom stereocenters. The maximum Gasteiger partial charge on any atom is 0.332 e. The summed E-state index contributed by atoms with van der Waals surface area (Å²) in [5.41, 5.74) is 0.311. The second-order valence-electron chi connectivity index (χ2n) is 10.0. The molecule has 0 aliphatic heterocycles. The molecule has 0 aliphatic rings. The number of imidazole rings is 1. The number of fused-ring (bicyclic) bond motifs is 3. The largest absolute Gasteiger partial charge is 0.494 e. The van der Waals surface area contributed by atoms with Crippen LogP contribution in [0.5, 0.6) is 5.88 Å². The molecule has 0 saturated heterocycles. The average Bonchev–Trinajstić information content (AvgIpc) is 3.32. The molecule has 4 rings (SSSR count). The van der Waals surface area contributed by atoms with E-state index in [0.29, 0.717) is 19.4 Å². The van der Waals surface area contributed by atoms with Crippen molar-refractivity contribution in [2.45, 2.75) is 98.2 Å². The van der Waals surface area contributed by atoms with Crippen LogP contribution in [-0.4, -0.2) is 28.2 Å². The van der Waals surface area contributed by atoms with Gasteiger partial charge >= 0.3 is 5.69 Å². The number of unbranched alkanes of at least 4 members (excludes halogenated alkanes) is 5. The zero-order valence-electron chi connectivity index (χ0n) is 22.8. The number of nitrogens with zero attached hydrogens (tertiary/aromatic N) is 5. The Morgan fingerprint density at radius 3 is 2.08 bits per heavy atom. The molecule has 0 saturated carbocycles. The first-order valence-corrected chi connectivity index (χ1v) is 14.0. The Labute approximate surface area is 222 Å². The van der Waals surface area contributed by atoms with Gasteiger partial charge in [0.05, 0.1) is 12.1 Å². The summed E-state index contributed by atoms with van der Waals surface area (Å²) in [6, 6.07) is 9.57. The molecule has 4 aromatic rings. The fraction of sp³-hybridized carbons (Fsp3) is 0.517. The van der Waals surface area contributed by atoms with E-state index in [-0.39, 0.29) is 47.0 Å². The third-order valence-corrected chi connectivity index (χ3v) is 7.17. The Morgan fingerprint density at radius 1 is 0.763 bits per heavy atom. The maximum absolute atomic E-state index is 13.8. The first kappa shape index (κ1) is 27.4. The van der Waals surface area contributed by atoms with Gasteiger partial charge in [0, 0.05) is 13.1 Å². The van der Waals surface area contributed by atoms with Gasteiger partial charge in [0.25, 0.3) is 11.1 Å². The lowest BCUT2D eigenvalue weighted by Crippen LogP contribution is -2.40. The van der Waals surface area contributed by atoms with Gasteiger partial charge in [0.2, 0.25) is 11.7 Å². The summed E-state index contributed by atoms with van der Waals surface area (Å²) in [5.74, 6) is -0.0909. The van der Waals surface area contributed by atoms with Crippen molar-refractivity contribution in [3.05, 3.63) is 72.7 Å². The van der Waals surface area contributed by atoms with Crippen LogP contribution in [0.4, 0.5) is 0 Å². The summed E-state index contributed by atoms with van der Waals surface area (Å²) in [7, 11) is 0. The zero-order chi connectivity index (χ0) is 27.2. The molecular formula is C29H39N5O4. The summed E-state index contributed by atoms with van der Waals surface area (Å²) in [4.78, 5) is 45.7. The molecule has 38 heavy (non-hydrogen) atoms. The van der Waals surface area contributed by atoms with E-state index >= 15 is 0 Å². The SMILES string of the molecule is CCCCCCc1c(O)n2c3c(=O)n(CCCC)c(=O)n(CCCC)c3nc2n(Cc2ccccc2)c1=O. The predicted molar refractivity (Wildman–Crippen MR) is 150 cm³/mol. The smallest absolute Gasteiger partial charge is 0.332 e. The van der Waals surface area contributed by atoms with Crippen LogP contribution in [0, 0.1) is 0 Å². The zero-order valence-corrected chi connectivity index (χ0v) is 22.8. The Balaban J connectivity index is 2.07. The second kappa shape index (κ2) is 12.3. The number of hydrogen-bond acceptors (Lipinski definition) is 5. The fourth-order valence-electron chi connectivity index (χ4n) is 4.98. The van der Waals surface area contributed by atoms with Gasteiger partial charge in [-0.2, -0.15) is 4.98 Å². The maximum atomic E-state index is 13.8. The lowest BCUT2D eigenvalue weighted by atomic mass is 10.1. The van der Waals surface area contributed by atoms with Gasteiger partial charge in [-0.25, -0.2) is 9.20 Å². The molecule has 0 radical (unpaired) electrons. The number of aromatic hydroxyl groups is 1. The highest BCUT2D eigenvalue weighted by Crippen LogP contribution is 2.24. The predicted octanol–water partition coefficient (Wildman–Crippen LogP) is 4.45. The minimum Gasteiger partial charge on any atom is -0.494 e. The summed E-state index contributed by atoms with van der Waals surface area (Å²) in [6.07, 6.45) is 7.30.